The molecule has 3 rings (SSSR count). The van der Waals surface area contributed by atoms with Gasteiger partial charge in [-0.2, -0.15) is 15.3 Å². The molecule has 0 saturated heterocycles. The van der Waals surface area contributed by atoms with Crippen LogP contribution in [-0.2, 0) is 5.54 Å². The molecule has 0 fully saturated rings. The predicted molar refractivity (Wildman–Crippen MR) is 96.3 cm³/mol. The average molecular weight is 336 g/mol. The average Bonchev–Trinajstić information content (AvgIpc) is 2.99. The standard InChI is InChI=1S/C18H20N6O/c1-11(13-7-5-12(9-19)6-8-13)21-17-22-15-14(16(25)23-17)10-20-24(15)18(2,3)4/h5-8,10-11H,1-4H3,(H2,21,22,23,25). The lowest BCUT2D eigenvalue weighted by atomic mass is 10.1. The lowest BCUT2D eigenvalue weighted by Crippen LogP contribution is -2.24. The van der Waals surface area contributed by atoms with E-state index in [2.05, 4.69) is 26.5 Å². The van der Waals surface area contributed by atoms with Gasteiger partial charge in [-0.1, -0.05) is 12.1 Å². The Labute approximate surface area is 145 Å². The second-order valence-corrected chi connectivity index (χ2v) is 6.98. The van der Waals surface area contributed by atoms with Crippen LogP contribution in [-0.4, -0.2) is 19.7 Å². The van der Waals surface area contributed by atoms with Crippen LogP contribution in [0.2, 0.25) is 0 Å². The highest BCUT2D eigenvalue weighted by Crippen LogP contribution is 2.21. The molecule has 25 heavy (non-hydrogen) atoms. The maximum atomic E-state index is 12.3. The molecule has 128 valence electrons. The van der Waals surface area contributed by atoms with Crippen LogP contribution in [0.4, 0.5) is 5.95 Å². The first kappa shape index (κ1) is 16.7. The molecule has 0 bridgehead atoms. The van der Waals surface area contributed by atoms with Gasteiger partial charge in [0.1, 0.15) is 5.39 Å². The molecule has 3 aromatic rings. The Bertz CT molecular complexity index is 1000. The Morgan fingerprint density at radius 1 is 1.28 bits per heavy atom. The van der Waals surface area contributed by atoms with Gasteiger partial charge in [0.25, 0.3) is 5.56 Å². The summed E-state index contributed by atoms with van der Waals surface area (Å²) in [6.45, 7) is 7.99. The van der Waals surface area contributed by atoms with E-state index in [1.54, 1.807) is 23.0 Å². The summed E-state index contributed by atoms with van der Waals surface area (Å²) >= 11 is 0. The van der Waals surface area contributed by atoms with Crippen LogP contribution in [0.1, 0.15) is 44.9 Å². The highest BCUT2D eigenvalue weighted by molar-refractivity contribution is 5.74. The molecular formula is C18H20N6O. The van der Waals surface area contributed by atoms with Gasteiger partial charge in [0.05, 0.1) is 29.4 Å². The molecule has 0 amide bonds. The third kappa shape index (κ3) is 3.24. The molecule has 2 N–H and O–H groups in total. The summed E-state index contributed by atoms with van der Waals surface area (Å²) in [7, 11) is 0. The molecule has 0 aliphatic carbocycles. The summed E-state index contributed by atoms with van der Waals surface area (Å²) in [4.78, 5) is 19.6. The van der Waals surface area contributed by atoms with Crippen LogP contribution in [0, 0.1) is 11.3 Å². The van der Waals surface area contributed by atoms with Crippen molar-refractivity contribution in [2.75, 3.05) is 5.32 Å². The SMILES string of the molecule is CC(Nc1nc2c(cnn2C(C)(C)C)c(=O)[nH]1)c1ccc(C#N)cc1. The Morgan fingerprint density at radius 3 is 2.56 bits per heavy atom. The van der Waals surface area contributed by atoms with Crippen LogP contribution in [0.15, 0.2) is 35.3 Å². The fourth-order valence-corrected chi connectivity index (χ4v) is 2.61. The summed E-state index contributed by atoms with van der Waals surface area (Å²) in [5, 5.41) is 16.9. The maximum absolute atomic E-state index is 12.3. The minimum absolute atomic E-state index is 0.0839. The smallest absolute Gasteiger partial charge is 0.263 e. The third-order valence-corrected chi connectivity index (χ3v) is 3.97. The minimum Gasteiger partial charge on any atom is -0.349 e. The van der Waals surface area contributed by atoms with Crippen molar-refractivity contribution in [2.45, 2.75) is 39.3 Å². The summed E-state index contributed by atoms with van der Waals surface area (Å²) < 4.78 is 1.75. The molecule has 1 unspecified atom stereocenters. The molecule has 2 aromatic heterocycles. The highest BCUT2D eigenvalue weighted by Gasteiger charge is 2.20. The van der Waals surface area contributed by atoms with Crippen LogP contribution in [0.5, 0.6) is 0 Å². The van der Waals surface area contributed by atoms with Crippen molar-refractivity contribution < 1.29 is 0 Å². The predicted octanol–water partition coefficient (Wildman–Crippen LogP) is 2.92. The van der Waals surface area contributed by atoms with Crippen molar-refractivity contribution in [3.05, 3.63) is 51.9 Å². The van der Waals surface area contributed by atoms with E-state index in [4.69, 9.17) is 5.26 Å². The van der Waals surface area contributed by atoms with Gasteiger partial charge in [0, 0.05) is 0 Å². The number of benzene rings is 1. The Kier molecular flexibility index (Phi) is 4.05. The Morgan fingerprint density at radius 2 is 1.96 bits per heavy atom. The number of hydrogen-bond acceptors (Lipinski definition) is 5. The van der Waals surface area contributed by atoms with E-state index in [9.17, 15) is 4.79 Å². The second-order valence-electron chi connectivity index (χ2n) is 6.98. The number of aromatic amines is 1. The van der Waals surface area contributed by atoms with Gasteiger partial charge in [-0.15, -0.1) is 0 Å². The molecule has 7 heteroatoms. The first-order valence-corrected chi connectivity index (χ1v) is 8.05. The zero-order chi connectivity index (χ0) is 18.2. The number of rotatable bonds is 3. The van der Waals surface area contributed by atoms with Gasteiger partial charge in [0.15, 0.2) is 5.65 Å². The number of hydrogen-bond donors (Lipinski definition) is 2. The van der Waals surface area contributed by atoms with E-state index in [1.165, 1.54) is 0 Å². The Hall–Kier alpha value is -3.14. The van der Waals surface area contributed by atoms with Crippen LogP contribution < -0.4 is 10.9 Å². The zero-order valence-corrected chi connectivity index (χ0v) is 14.7. The lowest BCUT2D eigenvalue weighted by molar-refractivity contribution is 0.366. The number of fused-ring (bicyclic) bond motifs is 1. The Balaban J connectivity index is 1.95. The first-order chi connectivity index (χ1) is 11.8. The minimum atomic E-state index is -0.279. The molecule has 0 aliphatic rings. The maximum Gasteiger partial charge on any atom is 0.263 e. The van der Waals surface area contributed by atoms with Crippen molar-refractivity contribution in [1.82, 2.24) is 19.7 Å². The molecule has 7 nitrogen and oxygen atoms in total. The molecule has 2 heterocycles. The van der Waals surface area contributed by atoms with Crippen LogP contribution in [0.3, 0.4) is 0 Å². The normalized spacial score (nSPS) is 12.8. The van der Waals surface area contributed by atoms with Gasteiger partial charge < -0.3 is 5.32 Å². The highest BCUT2D eigenvalue weighted by atomic mass is 16.1. The number of nitrogens with zero attached hydrogens (tertiary/aromatic N) is 4. The molecule has 1 atom stereocenters. The summed E-state index contributed by atoms with van der Waals surface area (Å²) in [5.74, 6) is 0.389. The van der Waals surface area contributed by atoms with E-state index in [0.717, 1.165) is 5.56 Å². The van der Waals surface area contributed by atoms with Crippen molar-refractivity contribution in [3.8, 4) is 6.07 Å². The molecule has 0 saturated carbocycles. The van der Waals surface area contributed by atoms with Crippen molar-refractivity contribution >= 4 is 17.0 Å². The summed E-state index contributed by atoms with van der Waals surface area (Å²) in [5.41, 5.74) is 1.64. The van der Waals surface area contributed by atoms with Gasteiger partial charge in [-0.3, -0.25) is 9.78 Å². The van der Waals surface area contributed by atoms with E-state index >= 15 is 0 Å². The molecule has 0 radical (unpaired) electrons. The topological polar surface area (TPSA) is 99.4 Å². The van der Waals surface area contributed by atoms with Crippen molar-refractivity contribution in [1.29, 1.82) is 5.26 Å². The largest absolute Gasteiger partial charge is 0.349 e. The molecule has 1 aromatic carbocycles. The quantitative estimate of drug-likeness (QED) is 0.766. The first-order valence-electron chi connectivity index (χ1n) is 8.05. The third-order valence-electron chi connectivity index (χ3n) is 3.97. The number of nitrogens with one attached hydrogen (secondary N) is 2. The fourth-order valence-electron chi connectivity index (χ4n) is 2.61. The summed E-state index contributed by atoms with van der Waals surface area (Å²) in [6.07, 6.45) is 1.54. The van der Waals surface area contributed by atoms with Crippen molar-refractivity contribution in [3.63, 3.8) is 0 Å². The number of aromatic nitrogens is 4. The molecule has 0 spiro atoms. The number of nitriles is 1. The van der Waals surface area contributed by atoms with E-state index in [-0.39, 0.29) is 17.1 Å². The van der Waals surface area contributed by atoms with E-state index in [1.807, 2.05) is 39.8 Å². The lowest BCUT2D eigenvalue weighted by Gasteiger charge is -2.20. The zero-order valence-electron chi connectivity index (χ0n) is 14.7. The van der Waals surface area contributed by atoms with Gasteiger partial charge in [0.2, 0.25) is 5.95 Å². The van der Waals surface area contributed by atoms with Gasteiger partial charge in [-0.25, -0.2) is 4.68 Å². The van der Waals surface area contributed by atoms with E-state index < -0.39 is 0 Å². The van der Waals surface area contributed by atoms with Gasteiger partial charge in [-0.05, 0) is 45.4 Å². The monoisotopic (exact) mass is 336 g/mol. The van der Waals surface area contributed by atoms with Crippen LogP contribution in [0.25, 0.3) is 11.0 Å². The molecular weight excluding hydrogens is 316 g/mol. The molecule has 0 aliphatic heterocycles. The second kappa shape index (κ2) is 6.06. The number of anilines is 1. The number of H-pyrrole nitrogens is 1. The fraction of sp³-hybridized carbons (Fsp3) is 0.333. The van der Waals surface area contributed by atoms with Gasteiger partial charge >= 0.3 is 0 Å². The van der Waals surface area contributed by atoms with Crippen LogP contribution >= 0.6 is 0 Å². The summed E-state index contributed by atoms with van der Waals surface area (Å²) in [6, 6.07) is 9.31. The van der Waals surface area contributed by atoms with E-state index in [0.29, 0.717) is 22.5 Å². The van der Waals surface area contributed by atoms with Crippen molar-refractivity contribution in [2.24, 2.45) is 0 Å².